The summed E-state index contributed by atoms with van der Waals surface area (Å²) in [4.78, 5) is 41.8. The lowest BCUT2D eigenvalue weighted by Crippen LogP contribution is -2.46. The van der Waals surface area contributed by atoms with E-state index in [9.17, 15) is 22.8 Å². The number of carboxylic acids is 1. The van der Waals surface area contributed by atoms with Gasteiger partial charge in [-0.15, -0.1) is 0 Å². The molecule has 184 valence electrons. The van der Waals surface area contributed by atoms with Crippen molar-refractivity contribution < 1.29 is 32.7 Å². The summed E-state index contributed by atoms with van der Waals surface area (Å²) in [6.45, 7) is 0.0187. The third-order valence-electron chi connectivity index (χ3n) is 3.75. The molecule has 0 radical (unpaired) electrons. The van der Waals surface area contributed by atoms with Crippen LogP contribution in [0.2, 0.25) is 5.15 Å². The first kappa shape index (κ1) is 27.9. The number of aliphatic carboxylic acids is 1. The summed E-state index contributed by atoms with van der Waals surface area (Å²) in [5.41, 5.74) is 17.2. The van der Waals surface area contributed by atoms with Crippen molar-refractivity contribution in [1.29, 1.82) is 5.41 Å². The molecule has 0 aliphatic heterocycles. The van der Waals surface area contributed by atoms with Crippen molar-refractivity contribution in [2.24, 2.45) is 5.73 Å². The SMILES string of the molecule is N=C(N)N(CCNC(=O)Cc1ccccc1)C(=O)c1nc(Cl)c(N)nc1N.O=C(O)C(F)(F)F. The third kappa shape index (κ3) is 8.78. The van der Waals surface area contributed by atoms with Crippen molar-refractivity contribution >= 4 is 47.0 Å². The van der Waals surface area contributed by atoms with E-state index >= 15 is 0 Å². The zero-order valence-electron chi connectivity index (χ0n) is 17.3. The van der Waals surface area contributed by atoms with Crippen LogP contribution in [0, 0.1) is 5.41 Å². The zero-order chi connectivity index (χ0) is 26.1. The molecular weight excluding hydrogens is 485 g/mol. The van der Waals surface area contributed by atoms with Gasteiger partial charge in [0.1, 0.15) is 0 Å². The number of hydrogen-bond donors (Lipinski definition) is 6. The molecule has 2 amide bonds. The lowest BCUT2D eigenvalue weighted by molar-refractivity contribution is -0.192. The normalized spacial score (nSPS) is 10.5. The number of alkyl halides is 3. The van der Waals surface area contributed by atoms with E-state index in [0.717, 1.165) is 10.5 Å². The third-order valence-corrected chi connectivity index (χ3v) is 4.03. The number of halogens is 4. The number of nitrogens with zero attached hydrogens (tertiary/aromatic N) is 3. The van der Waals surface area contributed by atoms with Gasteiger partial charge in [-0.1, -0.05) is 41.9 Å². The Morgan fingerprint density at radius 3 is 2.18 bits per heavy atom. The van der Waals surface area contributed by atoms with E-state index in [1.165, 1.54) is 0 Å². The maximum absolute atomic E-state index is 12.5. The number of aromatic nitrogens is 2. The minimum Gasteiger partial charge on any atom is -0.475 e. The van der Waals surface area contributed by atoms with E-state index < -0.39 is 24.0 Å². The van der Waals surface area contributed by atoms with Gasteiger partial charge in [-0.3, -0.25) is 19.9 Å². The van der Waals surface area contributed by atoms with Crippen LogP contribution in [0.4, 0.5) is 24.8 Å². The zero-order valence-corrected chi connectivity index (χ0v) is 18.0. The molecule has 0 saturated heterocycles. The highest BCUT2D eigenvalue weighted by molar-refractivity contribution is 6.31. The Kier molecular flexibility index (Phi) is 10.0. The van der Waals surface area contributed by atoms with E-state index in [1.54, 1.807) is 0 Å². The first-order valence-electron chi connectivity index (χ1n) is 9.09. The van der Waals surface area contributed by atoms with Crippen molar-refractivity contribution in [2.45, 2.75) is 12.6 Å². The lowest BCUT2D eigenvalue weighted by Gasteiger charge is -2.21. The molecule has 16 heteroatoms. The van der Waals surface area contributed by atoms with Crippen LogP contribution in [0.3, 0.4) is 0 Å². The number of nitrogen functional groups attached to an aromatic ring is 2. The molecule has 1 aromatic heterocycles. The van der Waals surface area contributed by atoms with Gasteiger partial charge in [0.05, 0.1) is 6.42 Å². The molecule has 0 spiro atoms. The number of guanidine groups is 1. The van der Waals surface area contributed by atoms with Crippen molar-refractivity contribution in [3.63, 3.8) is 0 Å². The molecule has 0 bridgehead atoms. The molecule has 34 heavy (non-hydrogen) atoms. The monoisotopic (exact) mass is 504 g/mol. The fourth-order valence-electron chi connectivity index (χ4n) is 2.21. The fourth-order valence-corrected chi connectivity index (χ4v) is 2.34. The van der Waals surface area contributed by atoms with E-state index in [4.69, 9.17) is 44.1 Å². The highest BCUT2D eigenvalue weighted by atomic mass is 35.5. The molecule has 2 aromatic rings. The quantitative estimate of drug-likeness (QED) is 0.240. The summed E-state index contributed by atoms with van der Waals surface area (Å²) in [6.07, 6.45) is -4.89. The molecule has 0 saturated carbocycles. The Hall–Kier alpha value is -4.14. The van der Waals surface area contributed by atoms with Gasteiger partial charge < -0.3 is 27.6 Å². The van der Waals surface area contributed by atoms with Crippen molar-refractivity contribution in [2.75, 3.05) is 24.6 Å². The van der Waals surface area contributed by atoms with Gasteiger partial charge >= 0.3 is 12.1 Å². The minimum atomic E-state index is -5.08. The van der Waals surface area contributed by atoms with Crippen LogP contribution in [0.1, 0.15) is 16.1 Å². The van der Waals surface area contributed by atoms with Gasteiger partial charge in [0.2, 0.25) is 5.91 Å². The van der Waals surface area contributed by atoms with Crippen LogP contribution in [0.15, 0.2) is 30.3 Å². The predicted octanol–water partition coefficient (Wildman–Crippen LogP) is 0.622. The number of nitrogens with one attached hydrogen (secondary N) is 2. The van der Waals surface area contributed by atoms with Gasteiger partial charge in [-0.25, -0.2) is 14.8 Å². The second kappa shape index (κ2) is 12.2. The number of carboxylic acid groups (broad SMARTS) is 1. The molecule has 1 aromatic carbocycles. The number of nitrogens with two attached hydrogens (primary N) is 3. The molecule has 0 aliphatic rings. The van der Waals surface area contributed by atoms with Gasteiger partial charge in [0, 0.05) is 13.1 Å². The maximum atomic E-state index is 12.5. The first-order chi connectivity index (χ1) is 15.7. The van der Waals surface area contributed by atoms with Gasteiger partial charge in [-0.2, -0.15) is 13.2 Å². The highest BCUT2D eigenvalue weighted by Crippen LogP contribution is 2.18. The summed E-state index contributed by atoms with van der Waals surface area (Å²) in [5, 5.41) is 17.2. The molecule has 12 nitrogen and oxygen atoms in total. The Morgan fingerprint density at radius 2 is 1.68 bits per heavy atom. The standard InChI is InChI=1S/C16H19ClN8O2.C2HF3O2/c17-12-14(19)24-13(18)11(23-12)15(27)25(16(20)21)7-6-22-10(26)8-9-4-2-1-3-5-9;3-2(4,5)1(6)7/h1-5H,6-8H2,(H3,20,21)(H,22,26)(H4,18,19,24);(H,6,7). The number of carbonyl (C=O) groups is 3. The summed E-state index contributed by atoms with van der Waals surface area (Å²) in [7, 11) is 0. The van der Waals surface area contributed by atoms with Crippen LogP contribution in [-0.2, 0) is 16.0 Å². The first-order valence-corrected chi connectivity index (χ1v) is 9.47. The van der Waals surface area contributed by atoms with Gasteiger partial charge in [0.25, 0.3) is 5.91 Å². The van der Waals surface area contributed by atoms with Crippen molar-refractivity contribution in [3.8, 4) is 0 Å². The Labute approximate surface area is 195 Å². The molecular formula is C18H20ClF3N8O4. The van der Waals surface area contributed by atoms with Crippen LogP contribution in [0.5, 0.6) is 0 Å². The second-order valence-electron chi connectivity index (χ2n) is 6.29. The van der Waals surface area contributed by atoms with E-state index in [-0.39, 0.29) is 47.9 Å². The highest BCUT2D eigenvalue weighted by Gasteiger charge is 2.38. The average molecular weight is 505 g/mol. The Balaban J connectivity index is 0.000000718. The number of benzene rings is 1. The second-order valence-corrected chi connectivity index (χ2v) is 6.65. The molecule has 0 atom stereocenters. The topological polar surface area (TPSA) is 214 Å². The number of anilines is 2. The summed E-state index contributed by atoms with van der Waals surface area (Å²) >= 11 is 5.77. The van der Waals surface area contributed by atoms with Crippen LogP contribution in [0.25, 0.3) is 0 Å². The Morgan fingerprint density at radius 1 is 1.12 bits per heavy atom. The molecule has 0 aliphatic carbocycles. The maximum Gasteiger partial charge on any atom is 0.490 e. The molecule has 1 heterocycles. The summed E-state index contributed by atoms with van der Waals surface area (Å²) in [5.74, 6) is -4.65. The number of amides is 2. The molecule has 9 N–H and O–H groups in total. The van der Waals surface area contributed by atoms with E-state index in [0.29, 0.717) is 0 Å². The van der Waals surface area contributed by atoms with Crippen LogP contribution < -0.4 is 22.5 Å². The van der Waals surface area contributed by atoms with Gasteiger partial charge in [-0.05, 0) is 5.56 Å². The number of carbonyl (C=O) groups excluding carboxylic acids is 2. The van der Waals surface area contributed by atoms with Crippen molar-refractivity contribution in [3.05, 3.63) is 46.7 Å². The van der Waals surface area contributed by atoms with Crippen LogP contribution >= 0.6 is 11.6 Å². The largest absolute Gasteiger partial charge is 0.490 e. The Bertz CT molecular complexity index is 1050. The number of hydrogen-bond acceptors (Lipinski definition) is 8. The average Bonchev–Trinajstić information content (AvgIpc) is 2.73. The van der Waals surface area contributed by atoms with Crippen LogP contribution in [-0.4, -0.2) is 63.0 Å². The molecule has 0 fully saturated rings. The van der Waals surface area contributed by atoms with E-state index in [2.05, 4.69) is 15.3 Å². The van der Waals surface area contributed by atoms with Gasteiger partial charge in [0.15, 0.2) is 28.4 Å². The minimum absolute atomic E-state index is 0.0577. The predicted molar refractivity (Wildman–Crippen MR) is 116 cm³/mol. The molecule has 2 rings (SSSR count). The van der Waals surface area contributed by atoms with Crippen molar-refractivity contribution in [1.82, 2.24) is 20.2 Å². The van der Waals surface area contributed by atoms with E-state index in [1.807, 2.05) is 30.3 Å². The number of rotatable bonds is 6. The molecule has 0 unspecified atom stereocenters. The summed E-state index contributed by atoms with van der Waals surface area (Å²) in [6, 6.07) is 9.19. The smallest absolute Gasteiger partial charge is 0.475 e. The fraction of sp³-hybridized carbons (Fsp3) is 0.222. The lowest BCUT2D eigenvalue weighted by atomic mass is 10.1. The summed E-state index contributed by atoms with van der Waals surface area (Å²) < 4.78 is 31.7.